The quantitative estimate of drug-likeness (QED) is 0.843. The highest BCUT2D eigenvalue weighted by atomic mass is 16.3. The Bertz CT molecular complexity index is 386. The Morgan fingerprint density at radius 2 is 2.29 bits per heavy atom. The number of nitrogens with one attached hydrogen (secondary N) is 1. The highest BCUT2D eigenvalue weighted by Gasteiger charge is 2.25. The summed E-state index contributed by atoms with van der Waals surface area (Å²) in [5.41, 5.74) is 0.588. The van der Waals surface area contributed by atoms with Gasteiger partial charge < -0.3 is 14.8 Å². The number of rotatable bonds is 3. The van der Waals surface area contributed by atoms with Crippen LogP contribution in [0.5, 0.6) is 0 Å². The van der Waals surface area contributed by atoms with Crippen LogP contribution in [0.2, 0.25) is 0 Å². The van der Waals surface area contributed by atoms with Gasteiger partial charge in [-0.3, -0.25) is 4.79 Å². The molecule has 1 fully saturated rings. The molecule has 94 valence electrons. The number of carbonyl (C=O) groups is 1. The van der Waals surface area contributed by atoms with E-state index >= 15 is 0 Å². The van der Waals surface area contributed by atoms with Crippen molar-refractivity contribution in [2.75, 3.05) is 0 Å². The van der Waals surface area contributed by atoms with E-state index in [0.29, 0.717) is 17.7 Å². The second-order valence-electron chi connectivity index (χ2n) is 4.54. The van der Waals surface area contributed by atoms with Crippen LogP contribution in [-0.4, -0.2) is 23.2 Å². The number of aliphatic hydroxyl groups excluding tert-OH is 1. The minimum Gasteiger partial charge on any atom is -0.469 e. The van der Waals surface area contributed by atoms with Crippen LogP contribution < -0.4 is 5.32 Å². The Labute approximate surface area is 101 Å². The van der Waals surface area contributed by atoms with E-state index in [1.807, 2.05) is 6.92 Å². The third kappa shape index (κ3) is 2.69. The Hall–Kier alpha value is -1.29. The zero-order valence-corrected chi connectivity index (χ0v) is 10.1. The van der Waals surface area contributed by atoms with Crippen molar-refractivity contribution in [3.8, 4) is 0 Å². The number of hydrogen-bond donors (Lipinski definition) is 2. The molecular formula is C13H19NO3. The average molecular weight is 237 g/mol. The summed E-state index contributed by atoms with van der Waals surface area (Å²) < 4.78 is 5.23. The Morgan fingerprint density at radius 1 is 1.53 bits per heavy atom. The highest BCUT2D eigenvalue weighted by Crippen LogP contribution is 2.19. The summed E-state index contributed by atoms with van der Waals surface area (Å²) in [4.78, 5) is 12.0. The molecule has 1 heterocycles. The topological polar surface area (TPSA) is 62.5 Å². The largest absolute Gasteiger partial charge is 0.469 e. The van der Waals surface area contributed by atoms with Crippen molar-refractivity contribution in [3.05, 3.63) is 23.7 Å². The molecule has 1 aromatic heterocycles. The molecule has 1 amide bonds. The molecule has 1 aliphatic carbocycles. The zero-order chi connectivity index (χ0) is 12.3. The fourth-order valence-electron chi connectivity index (χ4n) is 2.34. The smallest absolute Gasteiger partial charge is 0.255 e. The second kappa shape index (κ2) is 5.36. The number of carbonyl (C=O) groups excluding carboxylic acids is 1. The van der Waals surface area contributed by atoms with Crippen molar-refractivity contribution in [1.29, 1.82) is 0 Å². The van der Waals surface area contributed by atoms with Gasteiger partial charge >= 0.3 is 0 Å². The summed E-state index contributed by atoms with van der Waals surface area (Å²) in [5, 5.41) is 12.7. The summed E-state index contributed by atoms with van der Waals surface area (Å²) in [7, 11) is 0. The lowest BCUT2D eigenvalue weighted by molar-refractivity contribution is 0.0716. The van der Waals surface area contributed by atoms with Crippen molar-refractivity contribution >= 4 is 5.91 Å². The van der Waals surface area contributed by atoms with Crippen LogP contribution in [0.4, 0.5) is 0 Å². The van der Waals surface area contributed by atoms with Crippen LogP contribution in [-0.2, 0) is 6.42 Å². The number of aryl methyl sites for hydroxylation is 1. The van der Waals surface area contributed by atoms with Gasteiger partial charge in [-0.25, -0.2) is 0 Å². The molecule has 0 saturated heterocycles. The maximum Gasteiger partial charge on any atom is 0.255 e. The zero-order valence-electron chi connectivity index (χ0n) is 10.1. The van der Waals surface area contributed by atoms with Crippen LogP contribution in [0.15, 0.2) is 16.7 Å². The summed E-state index contributed by atoms with van der Waals surface area (Å²) in [5.74, 6) is 0.564. The fourth-order valence-corrected chi connectivity index (χ4v) is 2.34. The lowest BCUT2D eigenvalue weighted by atomic mass is 9.92. The molecule has 2 atom stereocenters. The van der Waals surface area contributed by atoms with Crippen LogP contribution >= 0.6 is 0 Å². The molecular weight excluding hydrogens is 218 g/mol. The predicted octanol–water partition coefficient (Wildman–Crippen LogP) is 1.88. The Kier molecular flexibility index (Phi) is 3.84. The van der Waals surface area contributed by atoms with Gasteiger partial charge in [-0.05, 0) is 18.9 Å². The summed E-state index contributed by atoms with van der Waals surface area (Å²) in [6.07, 6.45) is 5.55. The van der Waals surface area contributed by atoms with Crippen molar-refractivity contribution in [1.82, 2.24) is 5.32 Å². The fraction of sp³-hybridized carbons (Fsp3) is 0.615. The third-order valence-corrected chi connectivity index (χ3v) is 3.36. The molecule has 4 nitrogen and oxygen atoms in total. The maximum absolute atomic E-state index is 12.0. The van der Waals surface area contributed by atoms with E-state index in [2.05, 4.69) is 5.32 Å². The first kappa shape index (κ1) is 12.2. The van der Waals surface area contributed by atoms with E-state index in [0.717, 1.165) is 25.7 Å². The molecule has 1 aromatic rings. The van der Waals surface area contributed by atoms with Crippen LogP contribution in [0.25, 0.3) is 0 Å². The molecule has 0 radical (unpaired) electrons. The van der Waals surface area contributed by atoms with Crippen molar-refractivity contribution in [3.63, 3.8) is 0 Å². The molecule has 1 saturated carbocycles. The molecule has 0 aliphatic heterocycles. The van der Waals surface area contributed by atoms with Crippen molar-refractivity contribution in [2.45, 2.75) is 51.2 Å². The van der Waals surface area contributed by atoms with Gasteiger partial charge in [-0.1, -0.05) is 19.8 Å². The van der Waals surface area contributed by atoms with Gasteiger partial charge in [0, 0.05) is 6.42 Å². The van der Waals surface area contributed by atoms with E-state index in [9.17, 15) is 9.90 Å². The van der Waals surface area contributed by atoms with E-state index in [1.165, 1.54) is 6.26 Å². The predicted molar refractivity (Wildman–Crippen MR) is 63.8 cm³/mol. The first-order chi connectivity index (χ1) is 8.22. The van der Waals surface area contributed by atoms with Gasteiger partial charge in [-0.2, -0.15) is 0 Å². The van der Waals surface area contributed by atoms with E-state index < -0.39 is 6.10 Å². The van der Waals surface area contributed by atoms with Gasteiger partial charge in [0.2, 0.25) is 0 Å². The first-order valence-corrected chi connectivity index (χ1v) is 6.27. The highest BCUT2D eigenvalue weighted by molar-refractivity contribution is 5.95. The minimum absolute atomic E-state index is 0.115. The van der Waals surface area contributed by atoms with Gasteiger partial charge in [0.15, 0.2) is 0 Å². The summed E-state index contributed by atoms with van der Waals surface area (Å²) in [6.45, 7) is 1.95. The van der Waals surface area contributed by atoms with E-state index in [4.69, 9.17) is 4.42 Å². The van der Waals surface area contributed by atoms with E-state index in [-0.39, 0.29) is 11.9 Å². The SMILES string of the molecule is CCc1occc1C(=O)N[C@@H]1CCCC[C@H]1O. The van der Waals surface area contributed by atoms with Crippen LogP contribution in [0.1, 0.15) is 48.7 Å². The normalized spacial score (nSPS) is 24.6. The van der Waals surface area contributed by atoms with Gasteiger partial charge in [0.05, 0.1) is 24.0 Å². The lowest BCUT2D eigenvalue weighted by Crippen LogP contribution is -2.45. The lowest BCUT2D eigenvalue weighted by Gasteiger charge is -2.28. The summed E-state index contributed by atoms with van der Waals surface area (Å²) >= 11 is 0. The number of furan rings is 1. The molecule has 2 N–H and O–H groups in total. The Morgan fingerprint density at radius 3 is 3.00 bits per heavy atom. The standard InChI is InChI=1S/C13H19NO3/c1-2-12-9(7-8-17-12)13(16)14-10-5-3-4-6-11(10)15/h7-8,10-11,15H,2-6H2,1H3,(H,14,16)/t10-,11-/m1/s1. The maximum atomic E-state index is 12.0. The van der Waals surface area contributed by atoms with Gasteiger partial charge in [0.1, 0.15) is 5.76 Å². The molecule has 4 heteroatoms. The second-order valence-corrected chi connectivity index (χ2v) is 4.54. The molecule has 1 aliphatic rings. The average Bonchev–Trinajstić information content (AvgIpc) is 2.80. The van der Waals surface area contributed by atoms with Crippen LogP contribution in [0.3, 0.4) is 0 Å². The molecule has 0 unspecified atom stereocenters. The monoisotopic (exact) mass is 237 g/mol. The third-order valence-electron chi connectivity index (χ3n) is 3.36. The van der Waals surface area contributed by atoms with Crippen LogP contribution in [0, 0.1) is 0 Å². The molecule has 2 rings (SSSR count). The number of hydrogen-bond acceptors (Lipinski definition) is 3. The molecule has 0 bridgehead atoms. The van der Waals surface area contributed by atoms with Crippen molar-refractivity contribution in [2.24, 2.45) is 0 Å². The summed E-state index contributed by atoms with van der Waals surface area (Å²) in [6, 6.07) is 1.57. The van der Waals surface area contributed by atoms with Gasteiger partial charge in [0.25, 0.3) is 5.91 Å². The van der Waals surface area contributed by atoms with E-state index in [1.54, 1.807) is 6.07 Å². The molecule has 17 heavy (non-hydrogen) atoms. The minimum atomic E-state index is -0.412. The Balaban J connectivity index is 2.01. The first-order valence-electron chi connectivity index (χ1n) is 6.27. The molecule has 0 spiro atoms. The van der Waals surface area contributed by atoms with Crippen molar-refractivity contribution < 1.29 is 14.3 Å². The van der Waals surface area contributed by atoms with Gasteiger partial charge in [-0.15, -0.1) is 0 Å². The number of aliphatic hydroxyl groups is 1. The molecule has 0 aromatic carbocycles. The number of amides is 1.